The van der Waals surface area contributed by atoms with E-state index in [0.29, 0.717) is 12.1 Å². The first kappa shape index (κ1) is 17.9. The van der Waals surface area contributed by atoms with Gasteiger partial charge in [-0.25, -0.2) is 9.48 Å². The minimum atomic E-state index is -0.327. The summed E-state index contributed by atoms with van der Waals surface area (Å²) in [4.78, 5) is 12.0. The molecule has 1 heterocycles. The summed E-state index contributed by atoms with van der Waals surface area (Å²) in [6, 6.07) is 15.6. The van der Waals surface area contributed by atoms with Crippen LogP contribution in [-0.2, 0) is 17.7 Å². The second kappa shape index (κ2) is 8.43. The number of hydrogen-bond donors (Lipinski definition) is 0. The van der Waals surface area contributed by atoms with E-state index in [1.807, 2.05) is 41.2 Å². The van der Waals surface area contributed by atoms with E-state index in [2.05, 4.69) is 29.4 Å². The van der Waals surface area contributed by atoms with Crippen LogP contribution in [0, 0.1) is 0 Å². The number of esters is 1. The Bertz CT molecular complexity index is 869. The van der Waals surface area contributed by atoms with Crippen molar-refractivity contribution in [3.63, 3.8) is 0 Å². The third-order valence-corrected chi connectivity index (χ3v) is 4.31. The molecule has 5 nitrogen and oxygen atoms in total. The summed E-state index contributed by atoms with van der Waals surface area (Å²) in [7, 11) is 1.40. The molecule has 2 aromatic carbocycles. The van der Waals surface area contributed by atoms with E-state index in [4.69, 9.17) is 4.74 Å². The fraction of sp³-hybridized carbons (Fsp3) is 0.286. The molecule has 3 rings (SSSR count). The number of benzene rings is 2. The summed E-state index contributed by atoms with van der Waals surface area (Å²) in [5, 5.41) is 8.42. The maximum Gasteiger partial charge on any atom is 0.338 e. The molecule has 0 unspecified atom stereocenters. The van der Waals surface area contributed by atoms with Gasteiger partial charge in [0.25, 0.3) is 0 Å². The van der Waals surface area contributed by atoms with E-state index in [-0.39, 0.29) is 5.97 Å². The molecular formula is C21H23N3O2. The normalized spacial score (nSPS) is 10.7. The Morgan fingerprint density at radius 3 is 2.62 bits per heavy atom. The number of aromatic nitrogens is 3. The highest BCUT2D eigenvalue weighted by Gasteiger charge is 2.12. The van der Waals surface area contributed by atoms with Gasteiger partial charge < -0.3 is 4.74 Å². The fourth-order valence-corrected chi connectivity index (χ4v) is 2.89. The lowest BCUT2D eigenvalue weighted by Gasteiger charge is -2.09. The molecule has 3 aromatic rings. The zero-order valence-electron chi connectivity index (χ0n) is 15.2. The quantitative estimate of drug-likeness (QED) is 0.602. The maximum absolute atomic E-state index is 12.0. The number of carbonyl (C=O) groups excluding carboxylic acids is 1. The van der Waals surface area contributed by atoms with E-state index in [0.717, 1.165) is 41.6 Å². The van der Waals surface area contributed by atoms with Crippen molar-refractivity contribution in [3.8, 4) is 11.1 Å². The van der Waals surface area contributed by atoms with E-state index < -0.39 is 0 Å². The lowest BCUT2D eigenvalue weighted by atomic mass is 9.99. The molecular weight excluding hydrogens is 326 g/mol. The van der Waals surface area contributed by atoms with Crippen LogP contribution >= 0.6 is 0 Å². The van der Waals surface area contributed by atoms with Crippen LogP contribution < -0.4 is 0 Å². The van der Waals surface area contributed by atoms with Crippen molar-refractivity contribution < 1.29 is 9.53 Å². The Hall–Kier alpha value is -2.95. The summed E-state index contributed by atoms with van der Waals surface area (Å²) >= 11 is 0. The molecule has 26 heavy (non-hydrogen) atoms. The number of methoxy groups -OCH3 is 1. The van der Waals surface area contributed by atoms with Gasteiger partial charge in [-0.1, -0.05) is 61.0 Å². The first-order valence-electron chi connectivity index (χ1n) is 8.87. The van der Waals surface area contributed by atoms with Crippen LogP contribution in [0.1, 0.15) is 41.4 Å². The molecule has 0 amide bonds. The van der Waals surface area contributed by atoms with Gasteiger partial charge in [-0.05, 0) is 35.6 Å². The van der Waals surface area contributed by atoms with E-state index >= 15 is 0 Å². The van der Waals surface area contributed by atoms with Crippen molar-refractivity contribution >= 4 is 5.97 Å². The lowest BCUT2D eigenvalue weighted by molar-refractivity contribution is 0.0601. The number of hydrogen-bond acceptors (Lipinski definition) is 4. The Balaban J connectivity index is 1.75. The van der Waals surface area contributed by atoms with Crippen LogP contribution in [0.2, 0.25) is 0 Å². The third-order valence-electron chi connectivity index (χ3n) is 4.31. The largest absolute Gasteiger partial charge is 0.465 e. The maximum atomic E-state index is 12.0. The molecule has 0 aliphatic heterocycles. The molecule has 134 valence electrons. The van der Waals surface area contributed by atoms with Crippen LogP contribution in [0.4, 0.5) is 0 Å². The Morgan fingerprint density at radius 1 is 1.12 bits per heavy atom. The van der Waals surface area contributed by atoms with Gasteiger partial charge in [0.2, 0.25) is 0 Å². The molecule has 0 radical (unpaired) electrons. The monoisotopic (exact) mass is 349 g/mol. The number of nitrogens with zero attached hydrogens (tertiary/aromatic N) is 3. The van der Waals surface area contributed by atoms with Crippen molar-refractivity contribution in [3.05, 3.63) is 71.5 Å². The zero-order chi connectivity index (χ0) is 18.4. The average molecular weight is 349 g/mol. The van der Waals surface area contributed by atoms with Crippen molar-refractivity contribution in [2.24, 2.45) is 0 Å². The topological polar surface area (TPSA) is 57.0 Å². The minimum Gasteiger partial charge on any atom is -0.465 e. The second-order valence-electron chi connectivity index (χ2n) is 6.25. The van der Waals surface area contributed by atoms with E-state index in [1.165, 1.54) is 7.11 Å². The van der Waals surface area contributed by atoms with Crippen molar-refractivity contribution in [1.82, 2.24) is 15.0 Å². The molecule has 0 N–H and O–H groups in total. The Labute approximate surface area is 153 Å². The van der Waals surface area contributed by atoms with Gasteiger partial charge in [0.1, 0.15) is 0 Å². The first-order chi connectivity index (χ1) is 12.7. The molecule has 0 aliphatic carbocycles. The summed E-state index contributed by atoms with van der Waals surface area (Å²) in [6.45, 7) is 2.85. The summed E-state index contributed by atoms with van der Waals surface area (Å²) in [5.41, 5.74) is 4.59. The molecule has 1 aromatic heterocycles. The smallest absolute Gasteiger partial charge is 0.338 e. The van der Waals surface area contributed by atoms with Gasteiger partial charge in [-0.3, -0.25) is 0 Å². The number of carbonyl (C=O) groups is 1. The molecule has 5 heteroatoms. The number of ether oxygens (including phenoxy) is 1. The highest BCUT2D eigenvalue weighted by Crippen LogP contribution is 2.24. The van der Waals surface area contributed by atoms with Crippen LogP contribution in [0.15, 0.2) is 54.7 Å². The van der Waals surface area contributed by atoms with E-state index in [1.54, 1.807) is 6.07 Å². The summed E-state index contributed by atoms with van der Waals surface area (Å²) in [5.74, 6) is -0.327. The van der Waals surface area contributed by atoms with Crippen LogP contribution in [0.3, 0.4) is 0 Å². The van der Waals surface area contributed by atoms with Crippen LogP contribution in [0.25, 0.3) is 11.1 Å². The molecule has 0 saturated carbocycles. The van der Waals surface area contributed by atoms with Gasteiger partial charge in [0, 0.05) is 6.20 Å². The van der Waals surface area contributed by atoms with Crippen molar-refractivity contribution in [2.75, 3.05) is 7.11 Å². The fourth-order valence-electron chi connectivity index (χ4n) is 2.89. The number of rotatable bonds is 7. The Morgan fingerprint density at radius 2 is 1.88 bits per heavy atom. The predicted molar refractivity (Wildman–Crippen MR) is 101 cm³/mol. The molecule has 0 bridgehead atoms. The van der Waals surface area contributed by atoms with Crippen molar-refractivity contribution in [2.45, 2.75) is 32.7 Å². The average Bonchev–Trinajstić information content (AvgIpc) is 3.13. The molecule has 0 spiro atoms. The summed E-state index contributed by atoms with van der Waals surface area (Å²) in [6.07, 6.45) is 5.27. The number of unbranched alkanes of at least 4 members (excludes halogenated alkanes) is 1. The third kappa shape index (κ3) is 4.17. The zero-order valence-corrected chi connectivity index (χ0v) is 15.2. The molecule has 0 atom stereocenters. The summed E-state index contributed by atoms with van der Waals surface area (Å²) < 4.78 is 6.74. The molecule has 0 fully saturated rings. The molecule has 0 saturated heterocycles. The van der Waals surface area contributed by atoms with Gasteiger partial charge in [0.05, 0.1) is 24.9 Å². The van der Waals surface area contributed by atoms with Gasteiger partial charge in [-0.15, -0.1) is 5.10 Å². The standard InChI is InChI=1S/C21H23N3O2/c1-3-4-7-18-15-24(23-22-18)14-16-10-12-17(13-11-16)19-8-5-6-9-20(19)21(25)26-2/h5-6,8-13,15H,3-4,7,14H2,1-2H3. The highest BCUT2D eigenvalue weighted by molar-refractivity contribution is 5.97. The van der Waals surface area contributed by atoms with Gasteiger partial charge >= 0.3 is 5.97 Å². The second-order valence-corrected chi connectivity index (χ2v) is 6.25. The molecule has 0 aliphatic rings. The lowest BCUT2D eigenvalue weighted by Crippen LogP contribution is -2.03. The van der Waals surface area contributed by atoms with Crippen molar-refractivity contribution in [1.29, 1.82) is 0 Å². The predicted octanol–water partition coefficient (Wildman–Crippen LogP) is 4.12. The number of aryl methyl sites for hydroxylation is 1. The van der Waals surface area contributed by atoms with Crippen LogP contribution in [-0.4, -0.2) is 28.1 Å². The van der Waals surface area contributed by atoms with E-state index in [9.17, 15) is 4.79 Å². The minimum absolute atomic E-state index is 0.327. The SMILES string of the molecule is CCCCc1cn(Cc2ccc(-c3ccccc3C(=O)OC)cc2)nn1. The van der Waals surface area contributed by atoms with Crippen LogP contribution in [0.5, 0.6) is 0 Å². The Kier molecular flexibility index (Phi) is 5.79. The van der Waals surface area contributed by atoms with Gasteiger partial charge in [0.15, 0.2) is 0 Å². The van der Waals surface area contributed by atoms with Gasteiger partial charge in [-0.2, -0.15) is 0 Å². The first-order valence-corrected chi connectivity index (χ1v) is 8.87. The highest BCUT2D eigenvalue weighted by atomic mass is 16.5.